The topological polar surface area (TPSA) is 83.1 Å². The monoisotopic (exact) mass is 343 g/mol. The number of carbonyl (C=O) groups is 1. The predicted molar refractivity (Wildman–Crippen MR) is 95.8 cm³/mol. The lowest BCUT2D eigenvalue weighted by molar-refractivity contribution is -0.117. The van der Waals surface area contributed by atoms with E-state index < -0.39 is 0 Å². The molecule has 1 fully saturated rings. The number of aromatic amines is 1. The lowest BCUT2D eigenvalue weighted by Gasteiger charge is -2.31. The average Bonchev–Trinajstić information content (AvgIpc) is 2.90. The summed E-state index contributed by atoms with van der Waals surface area (Å²) in [4.78, 5) is 18.7. The highest BCUT2D eigenvalue weighted by Gasteiger charge is 2.23. The zero-order valence-corrected chi connectivity index (χ0v) is 15.0. The van der Waals surface area contributed by atoms with Crippen LogP contribution in [0.15, 0.2) is 18.3 Å². The van der Waals surface area contributed by atoms with Crippen molar-refractivity contribution in [2.24, 2.45) is 0 Å². The maximum Gasteiger partial charge on any atom is 0.238 e. The number of H-pyrrole nitrogens is 1. The Balaban J connectivity index is 1.44. The molecule has 0 aliphatic carbocycles. The van der Waals surface area contributed by atoms with Crippen LogP contribution in [0.4, 0.5) is 5.69 Å². The summed E-state index contributed by atoms with van der Waals surface area (Å²) in [7, 11) is 0. The summed E-state index contributed by atoms with van der Waals surface area (Å²) in [5, 5.41) is 9.92. The normalized spacial score (nSPS) is 16.0. The number of hydrogen-bond donors (Lipinski definition) is 2. The molecule has 0 unspecified atom stereocenters. The number of hydrogen-bond acceptors (Lipinski definition) is 5. The zero-order chi connectivity index (χ0) is 17.8. The molecule has 0 atom stereocenters. The van der Waals surface area contributed by atoms with Gasteiger partial charge in [-0.3, -0.25) is 14.8 Å². The highest BCUT2D eigenvalue weighted by atomic mass is 16.5. The first-order chi connectivity index (χ1) is 12.0. The van der Waals surface area contributed by atoms with E-state index in [-0.39, 0.29) is 12.0 Å². The molecule has 2 aromatic heterocycles. The van der Waals surface area contributed by atoms with Crippen molar-refractivity contribution >= 4 is 11.6 Å². The van der Waals surface area contributed by atoms with Gasteiger partial charge in [0.05, 0.1) is 23.6 Å². The van der Waals surface area contributed by atoms with Crippen LogP contribution in [0.25, 0.3) is 0 Å². The minimum atomic E-state index is -0.00725. The van der Waals surface area contributed by atoms with Gasteiger partial charge in [0.25, 0.3) is 0 Å². The smallest absolute Gasteiger partial charge is 0.238 e. The highest BCUT2D eigenvalue weighted by molar-refractivity contribution is 5.93. The van der Waals surface area contributed by atoms with Crippen molar-refractivity contribution < 1.29 is 9.53 Å². The van der Waals surface area contributed by atoms with Gasteiger partial charge in [0.2, 0.25) is 11.8 Å². The molecule has 0 aromatic carbocycles. The van der Waals surface area contributed by atoms with E-state index in [1.54, 1.807) is 0 Å². The van der Waals surface area contributed by atoms with E-state index in [4.69, 9.17) is 4.74 Å². The third-order valence-corrected chi connectivity index (χ3v) is 4.47. The van der Waals surface area contributed by atoms with Gasteiger partial charge in [-0.1, -0.05) is 6.07 Å². The molecule has 1 aliphatic heterocycles. The molecule has 25 heavy (non-hydrogen) atoms. The fourth-order valence-corrected chi connectivity index (χ4v) is 3.00. The standard InChI is InChI=1S/C18H25N5O2/c1-12-4-5-17(19-10-12)25-15-6-8-23(9-7-15)11-16(24)20-18-13(2)21-22-14(18)3/h4-5,10,15H,6-9,11H2,1-3H3,(H,20,24)(H,21,22). The van der Waals surface area contributed by atoms with Gasteiger partial charge >= 0.3 is 0 Å². The van der Waals surface area contributed by atoms with E-state index in [0.717, 1.165) is 48.6 Å². The summed E-state index contributed by atoms with van der Waals surface area (Å²) in [6.45, 7) is 7.85. The Hall–Kier alpha value is -2.41. The molecule has 134 valence electrons. The van der Waals surface area contributed by atoms with Crippen LogP contribution >= 0.6 is 0 Å². The first-order valence-electron chi connectivity index (χ1n) is 8.64. The summed E-state index contributed by atoms with van der Waals surface area (Å²) in [6.07, 6.45) is 3.77. The van der Waals surface area contributed by atoms with Gasteiger partial charge in [-0.2, -0.15) is 5.10 Å². The van der Waals surface area contributed by atoms with Gasteiger partial charge in [0.15, 0.2) is 0 Å². The molecule has 2 aromatic rings. The fraction of sp³-hybridized carbons (Fsp3) is 0.500. The van der Waals surface area contributed by atoms with Crippen LogP contribution in [0.1, 0.15) is 29.8 Å². The molecular weight excluding hydrogens is 318 g/mol. The zero-order valence-electron chi connectivity index (χ0n) is 15.0. The molecule has 7 nitrogen and oxygen atoms in total. The number of amides is 1. The Morgan fingerprint density at radius 3 is 2.68 bits per heavy atom. The van der Waals surface area contributed by atoms with Crippen molar-refractivity contribution in [1.82, 2.24) is 20.1 Å². The van der Waals surface area contributed by atoms with Crippen molar-refractivity contribution in [3.8, 4) is 5.88 Å². The number of pyridine rings is 1. The molecule has 3 rings (SSSR count). The second-order valence-electron chi connectivity index (χ2n) is 6.62. The lowest BCUT2D eigenvalue weighted by Crippen LogP contribution is -2.42. The fourth-order valence-electron chi connectivity index (χ4n) is 3.00. The Kier molecular flexibility index (Phi) is 5.33. The molecule has 1 aliphatic rings. The van der Waals surface area contributed by atoms with Crippen LogP contribution in [-0.4, -0.2) is 51.7 Å². The van der Waals surface area contributed by atoms with Crippen LogP contribution < -0.4 is 10.1 Å². The summed E-state index contributed by atoms with van der Waals surface area (Å²) in [5.41, 5.74) is 3.59. The molecule has 2 N–H and O–H groups in total. The lowest BCUT2D eigenvalue weighted by atomic mass is 10.1. The number of anilines is 1. The predicted octanol–water partition coefficient (Wildman–Crippen LogP) is 2.21. The molecule has 0 spiro atoms. The summed E-state index contributed by atoms with van der Waals surface area (Å²) < 4.78 is 5.93. The molecule has 1 saturated heterocycles. The van der Waals surface area contributed by atoms with Crippen molar-refractivity contribution in [3.05, 3.63) is 35.3 Å². The number of carbonyl (C=O) groups excluding carboxylic acids is 1. The van der Waals surface area contributed by atoms with Gasteiger partial charge in [-0.25, -0.2) is 4.98 Å². The van der Waals surface area contributed by atoms with E-state index in [2.05, 4.69) is 25.4 Å². The summed E-state index contributed by atoms with van der Waals surface area (Å²) in [6, 6.07) is 3.91. The van der Waals surface area contributed by atoms with E-state index in [0.29, 0.717) is 12.4 Å². The highest BCUT2D eigenvalue weighted by Crippen LogP contribution is 2.18. The van der Waals surface area contributed by atoms with E-state index in [1.165, 1.54) is 0 Å². The van der Waals surface area contributed by atoms with Crippen molar-refractivity contribution in [2.75, 3.05) is 25.0 Å². The first kappa shape index (κ1) is 17.4. The molecule has 1 amide bonds. The van der Waals surface area contributed by atoms with Gasteiger partial charge in [-0.05, 0) is 39.2 Å². The number of piperidine rings is 1. The molecular formula is C18H25N5O2. The van der Waals surface area contributed by atoms with E-state index in [1.807, 2.05) is 39.1 Å². The molecule has 0 radical (unpaired) electrons. The summed E-state index contributed by atoms with van der Waals surface area (Å²) in [5.74, 6) is 0.667. The van der Waals surface area contributed by atoms with Crippen LogP contribution in [0.2, 0.25) is 0 Å². The van der Waals surface area contributed by atoms with Crippen LogP contribution in [0.3, 0.4) is 0 Å². The Bertz CT molecular complexity index is 698. The largest absolute Gasteiger partial charge is 0.474 e. The van der Waals surface area contributed by atoms with Crippen molar-refractivity contribution in [2.45, 2.75) is 39.7 Å². The molecule has 7 heteroatoms. The van der Waals surface area contributed by atoms with E-state index in [9.17, 15) is 4.79 Å². The number of nitrogens with zero attached hydrogens (tertiary/aromatic N) is 3. The number of ether oxygens (including phenoxy) is 1. The number of aryl methyl sites for hydroxylation is 3. The second kappa shape index (κ2) is 7.65. The SMILES string of the molecule is Cc1ccc(OC2CCN(CC(=O)Nc3c(C)n[nH]c3C)CC2)nc1. The van der Waals surface area contributed by atoms with Crippen LogP contribution in [0.5, 0.6) is 5.88 Å². The average molecular weight is 343 g/mol. The van der Waals surface area contributed by atoms with Gasteiger partial charge < -0.3 is 10.1 Å². The van der Waals surface area contributed by atoms with Gasteiger partial charge in [0, 0.05) is 25.4 Å². The summed E-state index contributed by atoms with van der Waals surface area (Å²) >= 11 is 0. The van der Waals surface area contributed by atoms with E-state index >= 15 is 0 Å². The Morgan fingerprint density at radius 1 is 1.32 bits per heavy atom. The van der Waals surface area contributed by atoms with Crippen LogP contribution in [-0.2, 0) is 4.79 Å². The van der Waals surface area contributed by atoms with Gasteiger partial charge in [-0.15, -0.1) is 0 Å². The maximum absolute atomic E-state index is 12.3. The third-order valence-electron chi connectivity index (χ3n) is 4.47. The number of likely N-dealkylation sites (tertiary alicyclic amines) is 1. The minimum Gasteiger partial charge on any atom is -0.474 e. The minimum absolute atomic E-state index is 0.00725. The molecule has 0 bridgehead atoms. The number of rotatable bonds is 5. The van der Waals surface area contributed by atoms with Crippen LogP contribution in [0, 0.1) is 20.8 Å². The Morgan fingerprint density at radius 2 is 2.08 bits per heavy atom. The maximum atomic E-state index is 12.3. The first-order valence-corrected chi connectivity index (χ1v) is 8.64. The molecule has 0 saturated carbocycles. The van der Waals surface area contributed by atoms with Crippen molar-refractivity contribution in [1.29, 1.82) is 0 Å². The quantitative estimate of drug-likeness (QED) is 0.870. The van der Waals surface area contributed by atoms with Crippen molar-refractivity contribution in [3.63, 3.8) is 0 Å². The number of aromatic nitrogens is 3. The second-order valence-corrected chi connectivity index (χ2v) is 6.62. The number of nitrogens with one attached hydrogen (secondary N) is 2. The van der Waals surface area contributed by atoms with Gasteiger partial charge in [0.1, 0.15) is 6.10 Å². The Labute approximate surface area is 147 Å². The third kappa shape index (κ3) is 4.57. The molecule has 3 heterocycles.